The lowest BCUT2D eigenvalue weighted by Gasteiger charge is -2.24. The molecule has 0 radical (unpaired) electrons. The van der Waals surface area contributed by atoms with Gasteiger partial charge in [0, 0.05) is 10.9 Å². The number of nitrogens with zero attached hydrogens (tertiary/aromatic N) is 1. The first-order valence-corrected chi connectivity index (χ1v) is 8.78. The molecule has 1 aliphatic rings. The van der Waals surface area contributed by atoms with Crippen molar-refractivity contribution in [3.63, 3.8) is 0 Å². The molecule has 2 heterocycles. The third-order valence-corrected chi connectivity index (χ3v) is 4.70. The zero-order chi connectivity index (χ0) is 16.4. The van der Waals surface area contributed by atoms with Crippen molar-refractivity contribution in [2.45, 2.75) is 13.0 Å². The van der Waals surface area contributed by atoms with Crippen molar-refractivity contribution in [1.82, 2.24) is 4.98 Å². The van der Waals surface area contributed by atoms with E-state index in [1.54, 1.807) is 11.3 Å². The fraction of sp³-hybridized carbons (Fsp3) is 0.211. The van der Waals surface area contributed by atoms with Crippen LogP contribution in [0.4, 0.5) is 0 Å². The molecule has 0 bridgehead atoms. The number of thiazole rings is 1. The van der Waals surface area contributed by atoms with E-state index in [-0.39, 0.29) is 6.10 Å². The van der Waals surface area contributed by atoms with Crippen LogP contribution in [0.5, 0.6) is 17.2 Å². The molecule has 0 saturated heterocycles. The summed E-state index contributed by atoms with van der Waals surface area (Å²) in [4.78, 5) is 4.73. The highest BCUT2D eigenvalue weighted by Gasteiger charge is 2.25. The summed E-state index contributed by atoms with van der Waals surface area (Å²) in [5, 5.41) is 2.97. The summed E-state index contributed by atoms with van der Waals surface area (Å²) in [7, 11) is 0. The van der Waals surface area contributed by atoms with E-state index < -0.39 is 0 Å². The van der Waals surface area contributed by atoms with Crippen molar-refractivity contribution in [2.75, 3.05) is 13.2 Å². The second-order valence-electron chi connectivity index (χ2n) is 5.39. The summed E-state index contributed by atoms with van der Waals surface area (Å²) in [5.41, 5.74) is 2.01. The van der Waals surface area contributed by atoms with E-state index in [9.17, 15) is 0 Å². The van der Waals surface area contributed by atoms with Crippen LogP contribution in [0.25, 0.3) is 11.3 Å². The summed E-state index contributed by atoms with van der Waals surface area (Å²) in [6, 6.07) is 15.7. The van der Waals surface area contributed by atoms with Gasteiger partial charge >= 0.3 is 0 Å². The number of ether oxygens (including phenoxy) is 3. The minimum atomic E-state index is -0.165. The highest BCUT2D eigenvalue weighted by atomic mass is 32.1. The molecule has 0 unspecified atom stereocenters. The Kier molecular flexibility index (Phi) is 4.09. The van der Waals surface area contributed by atoms with Gasteiger partial charge in [-0.2, -0.15) is 0 Å². The molecule has 24 heavy (non-hydrogen) atoms. The molecule has 4 nitrogen and oxygen atoms in total. The van der Waals surface area contributed by atoms with Crippen molar-refractivity contribution in [2.24, 2.45) is 0 Å². The van der Waals surface area contributed by atoms with Crippen LogP contribution in [0.1, 0.15) is 18.0 Å². The molecule has 0 saturated carbocycles. The highest BCUT2D eigenvalue weighted by Crippen LogP contribution is 2.37. The normalized spacial score (nSPS) is 16.0. The van der Waals surface area contributed by atoms with Gasteiger partial charge in [-0.05, 0) is 43.3 Å². The van der Waals surface area contributed by atoms with E-state index in [0.29, 0.717) is 13.2 Å². The standard InChI is InChI=1S/C19H17NO3S/c1-2-21-14-9-7-13(8-10-14)15-12-24-19(20-15)18-11-22-16-5-3-4-6-17(16)23-18/h3-10,12,18H,2,11H2,1H3/t18-/m0/s1. The van der Waals surface area contributed by atoms with Crippen LogP contribution >= 0.6 is 11.3 Å². The quantitative estimate of drug-likeness (QED) is 0.689. The van der Waals surface area contributed by atoms with Gasteiger partial charge in [0.25, 0.3) is 0 Å². The zero-order valence-corrected chi connectivity index (χ0v) is 14.1. The Balaban J connectivity index is 1.53. The minimum Gasteiger partial charge on any atom is -0.494 e. The minimum absolute atomic E-state index is 0.165. The number of para-hydroxylation sites is 2. The third-order valence-electron chi connectivity index (χ3n) is 3.77. The van der Waals surface area contributed by atoms with Crippen molar-refractivity contribution >= 4 is 11.3 Å². The van der Waals surface area contributed by atoms with Crippen LogP contribution in [0, 0.1) is 0 Å². The molecular weight excluding hydrogens is 322 g/mol. The van der Waals surface area contributed by atoms with E-state index in [1.807, 2.05) is 55.5 Å². The summed E-state index contributed by atoms with van der Waals surface area (Å²) in [6.45, 7) is 3.12. The number of fused-ring (bicyclic) bond motifs is 1. The Labute approximate surface area is 144 Å². The molecule has 4 rings (SSSR count). The molecule has 0 amide bonds. The second-order valence-corrected chi connectivity index (χ2v) is 6.28. The lowest BCUT2D eigenvalue weighted by molar-refractivity contribution is 0.0911. The topological polar surface area (TPSA) is 40.6 Å². The van der Waals surface area contributed by atoms with Gasteiger partial charge in [-0.3, -0.25) is 0 Å². The number of hydrogen-bond donors (Lipinski definition) is 0. The Morgan fingerprint density at radius 1 is 1.12 bits per heavy atom. The van der Waals surface area contributed by atoms with E-state index >= 15 is 0 Å². The molecule has 0 fully saturated rings. The molecule has 3 aromatic rings. The van der Waals surface area contributed by atoms with E-state index in [1.165, 1.54) is 0 Å². The van der Waals surface area contributed by atoms with Crippen molar-refractivity contribution in [3.05, 3.63) is 58.9 Å². The fourth-order valence-electron chi connectivity index (χ4n) is 2.60. The summed E-state index contributed by atoms with van der Waals surface area (Å²) in [6.07, 6.45) is -0.165. The summed E-state index contributed by atoms with van der Waals surface area (Å²) >= 11 is 1.59. The molecule has 5 heteroatoms. The highest BCUT2D eigenvalue weighted by molar-refractivity contribution is 7.10. The van der Waals surface area contributed by atoms with Crippen LogP contribution in [-0.2, 0) is 0 Å². The van der Waals surface area contributed by atoms with Crippen LogP contribution in [0.2, 0.25) is 0 Å². The smallest absolute Gasteiger partial charge is 0.184 e. The Hall–Kier alpha value is -2.53. The average molecular weight is 339 g/mol. The maximum absolute atomic E-state index is 6.02. The first-order chi connectivity index (χ1) is 11.8. The summed E-state index contributed by atoms with van der Waals surface area (Å²) in [5.74, 6) is 2.43. The van der Waals surface area contributed by atoms with Crippen LogP contribution < -0.4 is 14.2 Å². The van der Waals surface area contributed by atoms with Gasteiger partial charge in [-0.1, -0.05) is 12.1 Å². The van der Waals surface area contributed by atoms with E-state index in [4.69, 9.17) is 19.2 Å². The maximum atomic E-state index is 6.02. The van der Waals surface area contributed by atoms with Gasteiger partial charge in [0.05, 0.1) is 12.3 Å². The second kappa shape index (κ2) is 6.53. The molecule has 0 aliphatic carbocycles. The van der Waals surface area contributed by atoms with Crippen LogP contribution in [0.15, 0.2) is 53.9 Å². The molecular formula is C19H17NO3S. The molecule has 2 aromatic carbocycles. The number of hydrogen-bond acceptors (Lipinski definition) is 5. The molecule has 0 N–H and O–H groups in total. The first-order valence-electron chi connectivity index (χ1n) is 7.90. The monoisotopic (exact) mass is 339 g/mol. The Morgan fingerprint density at radius 3 is 2.71 bits per heavy atom. The van der Waals surface area contributed by atoms with Gasteiger partial charge in [-0.25, -0.2) is 4.98 Å². The first kappa shape index (κ1) is 15.0. The van der Waals surface area contributed by atoms with E-state index in [0.717, 1.165) is 33.5 Å². The van der Waals surface area contributed by atoms with Crippen molar-refractivity contribution < 1.29 is 14.2 Å². The lowest BCUT2D eigenvalue weighted by atomic mass is 10.2. The number of aromatic nitrogens is 1. The SMILES string of the molecule is CCOc1ccc(-c2csc([C@@H]3COc4ccccc4O3)n2)cc1. The average Bonchev–Trinajstić information content (AvgIpc) is 3.12. The van der Waals surface area contributed by atoms with Gasteiger partial charge in [0.15, 0.2) is 17.6 Å². The molecule has 1 aliphatic heterocycles. The zero-order valence-electron chi connectivity index (χ0n) is 13.3. The predicted molar refractivity (Wildman–Crippen MR) is 94.0 cm³/mol. The molecule has 1 aromatic heterocycles. The largest absolute Gasteiger partial charge is 0.494 e. The molecule has 1 atom stereocenters. The molecule has 122 valence electrons. The predicted octanol–water partition coefficient (Wildman–Crippen LogP) is 4.72. The van der Waals surface area contributed by atoms with Gasteiger partial charge in [-0.15, -0.1) is 11.3 Å². The third kappa shape index (κ3) is 2.95. The van der Waals surface area contributed by atoms with Gasteiger partial charge in [0.1, 0.15) is 17.4 Å². The van der Waals surface area contributed by atoms with Crippen molar-refractivity contribution in [1.29, 1.82) is 0 Å². The van der Waals surface area contributed by atoms with Gasteiger partial charge in [0.2, 0.25) is 0 Å². The lowest BCUT2D eigenvalue weighted by Crippen LogP contribution is -2.21. The number of rotatable bonds is 4. The maximum Gasteiger partial charge on any atom is 0.184 e. The fourth-order valence-corrected chi connectivity index (χ4v) is 3.44. The van der Waals surface area contributed by atoms with Crippen LogP contribution in [0.3, 0.4) is 0 Å². The molecule has 0 spiro atoms. The summed E-state index contributed by atoms with van der Waals surface area (Å²) < 4.78 is 17.3. The Morgan fingerprint density at radius 2 is 1.92 bits per heavy atom. The van der Waals surface area contributed by atoms with Crippen molar-refractivity contribution in [3.8, 4) is 28.5 Å². The number of benzene rings is 2. The van der Waals surface area contributed by atoms with E-state index in [2.05, 4.69) is 5.38 Å². The van der Waals surface area contributed by atoms with Gasteiger partial charge < -0.3 is 14.2 Å². The van der Waals surface area contributed by atoms with Crippen LogP contribution in [-0.4, -0.2) is 18.2 Å². The Bertz CT molecular complexity index is 829.